The van der Waals surface area contributed by atoms with Gasteiger partial charge >= 0.3 is 225 Å². The van der Waals surface area contributed by atoms with Gasteiger partial charge in [-0.1, -0.05) is 0 Å². The Morgan fingerprint density at radius 1 is 0.429 bits per heavy atom. The van der Waals surface area contributed by atoms with E-state index >= 15 is 0 Å². The summed E-state index contributed by atoms with van der Waals surface area (Å²) in [6.45, 7) is 19.5. The van der Waals surface area contributed by atoms with Crippen LogP contribution < -0.4 is 25.5 Å². The molecule has 35 heavy (non-hydrogen) atoms. The van der Waals surface area contributed by atoms with Crippen molar-refractivity contribution in [3.63, 3.8) is 0 Å². The number of hydrogen-bond donors (Lipinski definition) is 0. The SMILES string of the molecule is CCN(CC)c1ccc([Te](Br)(c2ccc(N(CC)CC)cc2)c2ccc(N(CC)CC)cc2)cc1. The van der Waals surface area contributed by atoms with E-state index in [4.69, 9.17) is 0 Å². The van der Waals surface area contributed by atoms with Crippen LogP contribution in [0.3, 0.4) is 0 Å². The van der Waals surface area contributed by atoms with Crippen molar-refractivity contribution in [1.29, 1.82) is 0 Å². The summed E-state index contributed by atoms with van der Waals surface area (Å²) in [6, 6.07) is 28.0. The molecule has 0 radical (unpaired) electrons. The normalized spacial score (nSPS) is 11.9. The van der Waals surface area contributed by atoms with Crippen molar-refractivity contribution in [1.82, 2.24) is 0 Å². The number of halogens is 1. The Balaban J connectivity index is 2.10. The minimum absolute atomic E-state index is 1.02. The number of rotatable bonds is 12. The third kappa shape index (κ3) is 6.01. The first-order valence-electron chi connectivity index (χ1n) is 13.0. The van der Waals surface area contributed by atoms with Crippen LogP contribution in [0.4, 0.5) is 17.1 Å². The van der Waals surface area contributed by atoms with Gasteiger partial charge in [-0.05, 0) is 0 Å². The minimum atomic E-state index is -3.06. The molecule has 0 spiro atoms. The van der Waals surface area contributed by atoms with E-state index in [9.17, 15) is 0 Å². The molecule has 0 fully saturated rings. The van der Waals surface area contributed by atoms with Gasteiger partial charge < -0.3 is 0 Å². The molecule has 0 heterocycles. The van der Waals surface area contributed by atoms with Crippen LogP contribution in [0.1, 0.15) is 41.5 Å². The topological polar surface area (TPSA) is 9.72 Å². The van der Waals surface area contributed by atoms with E-state index in [1.165, 1.54) is 27.9 Å². The molecule has 0 aromatic heterocycles. The van der Waals surface area contributed by atoms with Crippen molar-refractivity contribution in [3.8, 4) is 0 Å². The zero-order valence-corrected chi connectivity index (χ0v) is 26.2. The van der Waals surface area contributed by atoms with E-state index in [1.54, 1.807) is 0 Å². The zero-order chi connectivity index (χ0) is 25.4. The van der Waals surface area contributed by atoms with Crippen LogP contribution in [0.15, 0.2) is 72.8 Å². The van der Waals surface area contributed by atoms with Crippen LogP contribution in [-0.4, -0.2) is 55.2 Å². The molecule has 0 saturated carbocycles. The van der Waals surface area contributed by atoms with E-state index in [1.807, 2.05) is 0 Å². The second-order valence-corrected chi connectivity index (χ2v) is 22.2. The van der Waals surface area contributed by atoms with Crippen LogP contribution in [0.25, 0.3) is 0 Å². The third-order valence-corrected chi connectivity index (χ3v) is 22.3. The molecule has 3 aromatic rings. The van der Waals surface area contributed by atoms with E-state index < -0.39 is 16.0 Å². The van der Waals surface area contributed by atoms with Crippen LogP contribution in [0.5, 0.6) is 0 Å². The molecule has 190 valence electrons. The third-order valence-electron chi connectivity index (χ3n) is 6.87. The summed E-state index contributed by atoms with van der Waals surface area (Å²) in [6.07, 6.45) is 0. The fourth-order valence-corrected chi connectivity index (χ4v) is 15.8. The number of nitrogens with zero attached hydrogens (tertiary/aromatic N) is 3. The van der Waals surface area contributed by atoms with Gasteiger partial charge in [0, 0.05) is 0 Å². The molecule has 0 aliphatic rings. The summed E-state index contributed by atoms with van der Waals surface area (Å²) in [4.78, 5) is 7.22. The van der Waals surface area contributed by atoms with Gasteiger partial charge in [0.05, 0.1) is 0 Å². The first-order valence-corrected chi connectivity index (χ1v) is 21.8. The van der Waals surface area contributed by atoms with Crippen molar-refractivity contribution in [2.75, 3.05) is 54.0 Å². The quantitative estimate of drug-likeness (QED) is 0.237. The molecule has 0 atom stereocenters. The Morgan fingerprint density at radius 2 is 0.629 bits per heavy atom. The molecule has 0 aliphatic carbocycles. The molecule has 3 rings (SSSR count). The molecule has 5 heteroatoms. The van der Waals surface area contributed by atoms with Gasteiger partial charge in [0.15, 0.2) is 0 Å². The summed E-state index contributed by atoms with van der Waals surface area (Å²) >= 11 is 1.38. The molecular formula is C30H42BrN3Te. The predicted molar refractivity (Wildman–Crippen MR) is 164 cm³/mol. The fourth-order valence-electron chi connectivity index (χ4n) is 4.71. The van der Waals surface area contributed by atoms with E-state index in [0.29, 0.717) is 0 Å². The summed E-state index contributed by atoms with van der Waals surface area (Å²) < 4.78 is 4.28. The van der Waals surface area contributed by atoms with Crippen molar-refractivity contribution < 1.29 is 0 Å². The van der Waals surface area contributed by atoms with Gasteiger partial charge in [0.25, 0.3) is 0 Å². The second-order valence-electron chi connectivity index (χ2n) is 8.54. The van der Waals surface area contributed by atoms with E-state index in [0.717, 1.165) is 39.3 Å². The maximum atomic E-state index is 4.45. The van der Waals surface area contributed by atoms with Crippen LogP contribution in [0.2, 0.25) is 0 Å². The molecule has 3 aromatic carbocycles. The summed E-state index contributed by atoms with van der Waals surface area (Å²) in [5, 5.41) is 0. The van der Waals surface area contributed by atoms with Gasteiger partial charge in [-0.3, -0.25) is 0 Å². The molecule has 0 saturated heterocycles. The van der Waals surface area contributed by atoms with Gasteiger partial charge in [-0.15, -0.1) is 0 Å². The Labute approximate surface area is 223 Å². The van der Waals surface area contributed by atoms with Crippen LogP contribution in [-0.2, 0) is 0 Å². The Kier molecular flexibility index (Phi) is 10.4. The molecule has 3 nitrogen and oxygen atoms in total. The summed E-state index contributed by atoms with van der Waals surface area (Å²) in [7, 11) is 0. The van der Waals surface area contributed by atoms with Crippen LogP contribution in [0, 0.1) is 0 Å². The van der Waals surface area contributed by atoms with E-state index in [2.05, 4.69) is 142 Å². The average molecular weight is 652 g/mol. The monoisotopic (exact) mass is 653 g/mol. The number of hydrogen-bond acceptors (Lipinski definition) is 3. The van der Waals surface area contributed by atoms with Gasteiger partial charge in [-0.25, -0.2) is 0 Å². The summed E-state index contributed by atoms with van der Waals surface area (Å²) in [5.74, 6) is 0. The molecule has 0 aliphatic heterocycles. The Bertz CT molecular complexity index is 888. The fraction of sp³-hybridized carbons (Fsp3) is 0.400. The molecule has 0 amide bonds. The van der Waals surface area contributed by atoms with Crippen molar-refractivity contribution in [2.24, 2.45) is 0 Å². The Hall–Kier alpha value is -1.67. The molecule has 0 N–H and O–H groups in total. The molecule has 0 bridgehead atoms. The van der Waals surface area contributed by atoms with E-state index in [-0.39, 0.29) is 0 Å². The zero-order valence-electron chi connectivity index (χ0n) is 22.3. The van der Waals surface area contributed by atoms with Crippen molar-refractivity contribution >= 4 is 56.6 Å². The second kappa shape index (κ2) is 13.0. The number of anilines is 3. The predicted octanol–water partition coefficient (Wildman–Crippen LogP) is 5.59. The van der Waals surface area contributed by atoms with Gasteiger partial charge in [-0.2, -0.15) is 0 Å². The van der Waals surface area contributed by atoms with Crippen molar-refractivity contribution in [2.45, 2.75) is 41.5 Å². The maximum absolute atomic E-state index is 4.45. The van der Waals surface area contributed by atoms with Crippen LogP contribution >= 0.6 is 12.8 Å². The van der Waals surface area contributed by atoms with Gasteiger partial charge in [0.2, 0.25) is 0 Å². The molecule has 0 unspecified atom stereocenters. The first-order chi connectivity index (χ1) is 17.0. The number of benzene rings is 3. The van der Waals surface area contributed by atoms with Gasteiger partial charge in [0.1, 0.15) is 0 Å². The first kappa shape index (κ1) is 27.9. The molecular weight excluding hydrogens is 610 g/mol. The summed E-state index contributed by atoms with van der Waals surface area (Å²) in [5.41, 5.74) is 3.89. The van der Waals surface area contributed by atoms with Crippen molar-refractivity contribution in [3.05, 3.63) is 72.8 Å². The Morgan fingerprint density at radius 3 is 0.800 bits per heavy atom. The average Bonchev–Trinajstić information content (AvgIpc) is 2.91. The standard InChI is InChI=1S/C30H42BrN3Te/c1-7-32(8-2)25-13-19-28(20-14-25)35(31,29-21-15-26(16-22-29)33(9-3)10-4)30-23-17-27(18-24-30)34(11-5)12-6/h13-24H,7-12H2,1-6H3.